The van der Waals surface area contributed by atoms with Gasteiger partial charge in [-0.15, -0.1) is 11.3 Å². The van der Waals surface area contributed by atoms with E-state index in [-0.39, 0.29) is 18.5 Å². The van der Waals surface area contributed by atoms with Gasteiger partial charge < -0.3 is 23.9 Å². The van der Waals surface area contributed by atoms with Crippen LogP contribution in [0.5, 0.6) is 0 Å². The maximum absolute atomic E-state index is 14.0. The third-order valence-electron chi connectivity index (χ3n) is 10.0. The van der Waals surface area contributed by atoms with E-state index in [0.717, 1.165) is 95.4 Å². The highest BCUT2D eigenvalue weighted by molar-refractivity contribution is 7.21. The maximum atomic E-state index is 14.0. The molecule has 0 bridgehead atoms. The van der Waals surface area contributed by atoms with Gasteiger partial charge in [-0.05, 0) is 94.1 Å². The number of aryl methyl sites for hydroxylation is 2. The average Bonchev–Trinajstić information content (AvgIpc) is 3.73. The number of thiophene rings is 1. The quantitative estimate of drug-likeness (QED) is 0.197. The van der Waals surface area contributed by atoms with E-state index >= 15 is 0 Å². The van der Waals surface area contributed by atoms with Gasteiger partial charge in [-0.1, -0.05) is 31.4 Å². The molecule has 1 aliphatic heterocycles. The number of aromatic carboxylic acids is 1. The number of pyridine rings is 1. The van der Waals surface area contributed by atoms with Crippen LogP contribution in [0.1, 0.15) is 77.7 Å². The summed E-state index contributed by atoms with van der Waals surface area (Å²) >= 11 is 1.35. The molecule has 1 saturated heterocycles. The predicted molar refractivity (Wildman–Crippen MR) is 182 cm³/mol. The number of carboxylic acids is 1. The third kappa shape index (κ3) is 5.62. The third-order valence-corrected chi connectivity index (χ3v) is 11.2. The Morgan fingerprint density at radius 3 is 2.48 bits per heavy atom. The van der Waals surface area contributed by atoms with Gasteiger partial charge in [0.05, 0.1) is 27.1 Å². The number of amides is 1. The number of likely N-dealkylation sites (N-methyl/N-ethyl adjacent to an activating group) is 1. The van der Waals surface area contributed by atoms with Crippen molar-refractivity contribution in [2.75, 3.05) is 27.2 Å². The number of carbonyl (C=O) groups is 2. The molecule has 0 unspecified atom stereocenters. The molecule has 0 atom stereocenters. The Morgan fingerprint density at radius 2 is 1.78 bits per heavy atom. The summed E-state index contributed by atoms with van der Waals surface area (Å²) in [6.45, 7) is 5.87. The number of oxazole rings is 1. The summed E-state index contributed by atoms with van der Waals surface area (Å²) in [5.74, 6) is 0.726. The van der Waals surface area contributed by atoms with Crippen molar-refractivity contribution in [3.8, 4) is 22.7 Å². The van der Waals surface area contributed by atoms with Crippen LogP contribution >= 0.6 is 11.3 Å². The number of hydrogen-bond acceptors (Lipinski definition) is 7. The van der Waals surface area contributed by atoms with Crippen molar-refractivity contribution >= 4 is 44.3 Å². The molecule has 240 valence electrons. The monoisotopic (exact) mass is 639 g/mol. The van der Waals surface area contributed by atoms with E-state index < -0.39 is 5.97 Å². The Balaban J connectivity index is 1.35. The summed E-state index contributed by atoms with van der Waals surface area (Å²) in [5, 5.41) is 11.0. The summed E-state index contributed by atoms with van der Waals surface area (Å²) < 4.78 is 8.95. The topological polar surface area (TPSA) is 105 Å². The summed E-state index contributed by atoms with van der Waals surface area (Å²) in [7, 11) is 4.05. The molecule has 0 spiro atoms. The molecule has 5 aromatic rings. The zero-order valence-electron chi connectivity index (χ0n) is 27.0. The molecular weight excluding hydrogens is 598 g/mol. The van der Waals surface area contributed by atoms with Crippen molar-refractivity contribution in [3.63, 3.8) is 0 Å². The van der Waals surface area contributed by atoms with Crippen LogP contribution in [0, 0.1) is 13.8 Å². The molecular formula is C36H41N5O4S. The van der Waals surface area contributed by atoms with Gasteiger partial charge in [0.25, 0.3) is 0 Å². The molecule has 9 nitrogen and oxygen atoms in total. The van der Waals surface area contributed by atoms with E-state index in [0.29, 0.717) is 22.4 Å². The molecule has 4 aromatic heterocycles. The van der Waals surface area contributed by atoms with E-state index in [4.69, 9.17) is 9.40 Å². The van der Waals surface area contributed by atoms with E-state index in [1.807, 2.05) is 37.9 Å². The average molecular weight is 640 g/mol. The Morgan fingerprint density at radius 1 is 1.02 bits per heavy atom. The highest BCUT2D eigenvalue weighted by Gasteiger charge is 2.31. The molecule has 1 saturated carbocycles. The van der Waals surface area contributed by atoms with Crippen LogP contribution in [0.2, 0.25) is 0 Å². The Kier molecular flexibility index (Phi) is 8.19. The SMILES string of the molecule is Cc1nc(C)c(-c2ccc3cc(-c4c(C5CCCCC5)c5sc(C(=O)O)cc5n4CC(=O)N(C)C4CCN(C)CC4)ccc3n2)o1. The zero-order chi connectivity index (χ0) is 32.1. The predicted octanol–water partition coefficient (Wildman–Crippen LogP) is 7.49. The van der Waals surface area contributed by atoms with Gasteiger partial charge in [-0.2, -0.15) is 0 Å². The number of aromatic nitrogens is 3. The molecule has 2 fully saturated rings. The molecule has 1 aromatic carbocycles. The first kappa shape index (κ1) is 30.6. The fourth-order valence-electron chi connectivity index (χ4n) is 7.50. The lowest BCUT2D eigenvalue weighted by Gasteiger charge is -2.35. The normalized spacial score (nSPS) is 16.9. The van der Waals surface area contributed by atoms with E-state index in [1.165, 1.54) is 23.3 Å². The van der Waals surface area contributed by atoms with Gasteiger partial charge in [0.15, 0.2) is 11.7 Å². The molecule has 46 heavy (non-hydrogen) atoms. The first-order chi connectivity index (χ1) is 22.2. The highest BCUT2D eigenvalue weighted by Crippen LogP contribution is 2.47. The molecule has 1 aliphatic carbocycles. The van der Waals surface area contributed by atoms with Gasteiger partial charge in [-0.3, -0.25) is 4.79 Å². The largest absolute Gasteiger partial charge is 0.477 e. The maximum Gasteiger partial charge on any atom is 0.345 e. The molecule has 1 amide bonds. The minimum absolute atomic E-state index is 0.0517. The Bertz CT molecular complexity index is 1940. The molecule has 2 aliphatic rings. The Labute approximate surface area is 272 Å². The van der Waals surface area contributed by atoms with Crippen molar-refractivity contribution in [2.24, 2.45) is 0 Å². The number of rotatable bonds is 7. The highest BCUT2D eigenvalue weighted by atomic mass is 32.1. The van der Waals surface area contributed by atoms with Crippen LogP contribution in [0.4, 0.5) is 0 Å². The minimum atomic E-state index is -0.927. The van der Waals surface area contributed by atoms with Crippen molar-refractivity contribution in [1.82, 2.24) is 24.3 Å². The number of hydrogen-bond donors (Lipinski definition) is 1. The lowest BCUT2D eigenvalue weighted by atomic mass is 9.83. The van der Waals surface area contributed by atoms with Crippen LogP contribution in [0.15, 0.2) is 40.8 Å². The number of carboxylic acid groups (broad SMARTS) is 1. The molecule has 0 radical (unpaired) electrons. The van der Waals surface area contributed by atoms with Crippen molar-refractivity contribution in [3.05, 3.63) is 58.4 Å². The van der Waals surface area contributed by atoms with Crippen LogP contribution in [0.3, 0.4) is 0 Å². The minimum Gasteiger partial charge on any atom is -0.477 e. The molecule has 10 heteroatoms. The second-order valence-corrected chi connectivity index (χ2v) is 14.2. The first-order valence-corrected chi connectivity index (χ1v) is 17.2. The molecule has 7 rings (SSSR count). The van der Waals surface area contributed by atoms with Gasteiger partial charge >= 0.3 is 5.97 Å². The van der Waals surface area contributed by atoms with E-state index in [9.17, 15) is 14.7 Å². The van der Waals surface area contributed by atoms with Gasteiger partial charge in [0.1, 0.15) is 17.1 Å². The van der Waals surface area contributed by atoms with Crippen LogP contribution in [0.25, 0.3) is 43.8 Å². The van der Waals surface area contributed by atoms with Crippen LogP contribution < -0.4 is 0 Å². The molecule has 5 heterocycles. The van der Waals surface area contributed by atoms with E-state index in [1.54, 1.807) is 6.07 Å². The fraction of sp³-hybridized carbons (Fsp3) is 0.444. The summed E-state index contributed by atoms with van der Waals surface area (Å²) in [4.78, 5) is 40.1. The number of nitrogens with zero attached hydrogens (tertiary/aromatic N) is 5. The first-order valence-electron chi connectivity index (χ1n) is 16.4. The standard InChI is InChI=1S/C36H41N5O4S/c1-21-34(45-22(2)37-21)28-13-10-24-18-25(11-12-27(24)38-28)33-32(23-8-6-5-7-9-23)35-29(19-30(46-35)36(43)44)41(33)20-31(42)40(4)26-14-16-39(3)17-15-26/h10-13,18-19,23,26H,5-9,14-17,20H2,1-4H3,(H,43,44). The van der Waals surface area contributed by atoms with Crippen molar-refractivity contribution in [2.45, 2.75) is 77.3 Å². The number of piperidine rings is 1. The van der Waals surface area contributed by atoms with Crippen molar-refractivity contribution in [1.29, 1.82) is 0 Å². The lowest BCUT2D eigenvalue weighted by molar-refractivity contribution is -0.133. The summed E-state index contributed by atoms with van der Waals surface area (Å²) in [6.07, 6.45) is 7.54. The summed E-state index contributed by atoms with van der Waals surface area (Å²) in [5.41, 5.74) is 6.49. The second-order valence-electron chi connectivity index (χ2n) is 13.1. The molecule has 1 N–H and O–H groups in total. The second kappa shape index (κ2) is 12.3. The van der Waals surface area contributed by atoms with Crippen molar-refractivity contribution < 1.29 is 19.1 Å². The van der Waals surface area contributed by atoms with E-state index in [2.05, 4.69) is 39.7 Å². The number of benzene rings is 1. The summed E-state index contributed by atoms with van der Waals surface area (Å²) in [6, 6.07) is 12.3. The van der Waals surface area contributed by atoms with Gasteiger partial charge in [0, 0.05) is 25.4 Å². The van der Waals surface area contributed by atoms with Crippen LogP contribution in [-0.4, -0.2) is 74.5 Å². The smallest absolute Gasteiger partial charge is 0.345 e. The lowest BCUT2D eigenvalue weighted by Crippen LogP contribution is -2.45. The van der Waals surface area contributed by atoms with Gasteiger partial charge in [0.2, 0.25) is 5.91 Å². The number of fused-ring (bicyclic) bond motifs is 2. The van der Waals surface area contributed by atoms with Gasteiger partial charge in [-0.25, -0.2) is 14.8 Å². The fourth-order valence-corrected chi connectivity index (χ4v) is 8.62. The Hall–Kier alpha value is -4.02. The zero-order valence-corrected chi connectivity index (χ0v) is 27.8. The number of likely N-dealkylation sites (tertiary alicyclic amines) is 1. The van der Waals surface area contributed by atoms with Crippen LogP contribution in [-0.2, 0) is 11.3 Å². The number of carbonyl (C=O) groups excluding carboxylic acids is 1.